The lowest BCUT2D eigenvalue weighted by atomic mass is 9.80. The lowest BCUT2D eigenvalue weighted by Gasteiger charge is -2.30. The first-order valence-corrected chi connectivity index (χ1v) is 12.9. The number of halogens is 3. The van der Waals surface area contributed by atoms with Crippen molar-refractivity contribution in [1.82, 2.24) is 15.1 Å². The zero-order chi connectivity index (χ0) is 27.6. The van der Waals surface area contributed by atoms with Crippen LogP contribution in [0.1, 0.15) is 51.5 Å². The predicted molar refractivity (Wildman–Crippen MR) is 130 cm³/mol. The van der Waals surface area contributed by atoms with Crippen molar-refractivity contribution >= 4 is 29.3 Å². The molecule has 0 bridgehead atoms. The Morgan fingerprint density at radius 1 is 1.13 bits per heavy atom. The summed E-state index contributed by atoms with van der Waals surface area (Å²) in [5, 5.41) is 5.52. The van der Waals surface area contributed by atoms with Gasteiger partial charge in [0.2, 0.25) is 17.7 Å². The van der Waals surface area contributed by atoms with Crippen molar-refractivity contribution in [2.24, 2.45) is 17.1 Å². The van der Waals surface area contributed by atoms with Gasteiger partial charge in [-0.15, -0.1) is 0 Å². The van der Waals surface area contributed by atoms with E-state index in [1.54, 1.807) is 26.0 Å². The van der Waals surface area contributed by atoms with E-state index in [4.69, 9.17) is 5.73 Å². The van der Waals surface area contributed by atoms with Crippen LogP contribution in [0.3, 0.4) is 0 Å². The van der Waals surface area contributed by atoms with Crippen molar-refractivity contribution in [2.45, 2.75) is 75.8 Å². The van der Waals surface area contributed by atoms with E-state index in [0.717, 1.165) is 18.4 Å². The number of nitrogens with zero attached hydrogens (tertiary/aromatic N) is 2. The van der Waals surface area contributed by atoms with Crippen LogP contribution in [-0.2, 0) is 24.6 Å². The van der Waals surface area contributed by atoms with E-state index < -0.39 is 53.0 Å². The third-order valence-electron chi connectivity index (χ3n) is 8.21. The van der Waals surface area contributed by atoms with E-state index in [1.165, 1.54) is 4.90 Å². The minimum absolute atomic E-state index is 0.0298. The van der Waals surface area contributed by atoms with Crippen LogP contribution in [0.5, 0.6) is 0 Å². The van der Waals surface area contributed by atoms with Crippen LogP contribution in [0.15, 0.2) is 24.3 Å². The van der Waals surface area contributed by atoms with E-state index in [2.05, 4.69) is 10.6 Å². The van der Waals surface area contributed by atoms with Gasteiger partial charge in [-0.2, -0.15) is 13.2 Å². The molecule has 38 heavy (non-hydrogen) atoms. The summed E-state index contributed by atoms with van der Waals surface area (Å²) in [6, 6.07) is 4.84. The highest BCUT2D eigenvalue weighted by molar-refractivity contribution is 6.07. The fraction of sp³-hybridized carbons (Fsp3) is 0.615. The summed E-state index contributed by atoms with van der Waals surface area (Å²) in [5.74, 6) is -3.39. The van der Waals surface area contributed by atoms with Crippen LogP contribution in [0.4, 0.5) is 18.9 Å². The first-order chi connectivity index (χ1) is 17.7. The Hall–Kier alpha value is -3.15. The zero-order valence-electron chi connectivity index (χ0n) is 21.3. The average molecular weight is 536 g/mol. The molecule has 12 heteroatoms. The van der Waals surface area contributed by atoms with Crippen molar-refractivity contribution < 1.29 is 32.3 Å². The van der Waals surface area contributed by atoms with Gasteiger partial charge in [-0.25, -0.2) is 0 Å². The third-order valence-corrected chi connectivity index (χ3v) is 8.21. The van der Waals surface area contributed by atoms with Gasteiger partial charge in [-0.05, 0) is 35.8 Å². The second-order valence-corrected chi connectivity index (χ2v) is 11.9. The van der Waals surface area contributed by atoms with Gasteiger partial charge in [0.05, 0.1) is 11.6 Å². The number of benzene rings is 1. The molecular formula is C26H32F3N5O4. The number of likely N-dealkylation sites (tertiary alicyclic amines) is 2. The Morgan fingerprint density at radius 3 is 2.47 bits per heavy atom. The summed E-state index contributed by atoms with van der Waals surface area (Å²) in [5.41, 5.74) is 6.08. The molecule has 1 saturated carbocycles. The number of anilines is 1. The summed E-state index contributed by atoms with van der Waals surface area (Å²) in [6.07, 6.45) is -3.60. The van der Waals surface area contributed by atoms with Gasteiger partial charge in [0.15, 0.2) is 0 Å². The van der Waals surface area contributed by atoms with Crippen LogP contribution in [0.25, 0.3) is 0 Å². The van der Waals surface area contributed by atoms with Crippen LogP contribution in [0, 0.1) is 11.3 Å². The molecule has 9 nitrogen and oxygen atoms in total. The zero-order valence-corrected chi connectivity index (χ0v) is 21.3. The van der Waals surface area contributed by atoms with E-state index in [0.29, 0.717) is 17.0 Å². The molecule has 0 radical (unpaired) electrons. The van der Waals surface area contributed by atoms with Crippen LogP contribution < -0.4 is 16.4 Å². The molecular weight excluding hydrogens is 503 g/mol. The number of hydrogen-bond acceptors (Lipinski definition) is 5. The van der Waals surface area contributed by atoms with E-state index in [-0.39, 0.29) is 37.8 Å². The minimum atomic E-state index is -5.11. The smallest absolute Gasteiger partial charge is 0.342 e. The molecule has 3 aliphatic heterocycles. The number of nitrogens with two attached hydrogens (primary N) is 1. The predicted octanol–water partition coefficient (Wildman–Crippen LogP) is 1.87. The molecule has 4 amide bonds. The number of nitrogens with one attached hydrogen (secondary N) is 2. The molecule has 4 N–H and O–H groups in total. The van der Waals surface area contributed by atoms with Gasteiger partial charge in [-0.1, -0.05) is 44.9 Å². The summed E-state index contributed by atoms with van der Waals surface area (Å²) >= 11 is 0. The number of hydrogen-bond donors (Lipinski definition) is 3. The first-order valence-electron chi connectivity index (χ1n) is 12.9. The molecule has 4 aliphatic rings. The Morgan fingerprint density at radius 2 is 1.82 bits per heavy atom. The monoisotopic (exact) mass is 535 g/mol. The molecule has 4 atom stereocenters. The summed E-state index contributed by atoms with van der Waals surface area (Å²) in [7, 11) is 0. The molecule has 3 fully saturated rings. The Labute approximate surface area is 218 Å². The standard InChI is InChI=1S/C26H32F3N5O4/c1-24(2)10-18(33(12-24)23(38)26(27,28)29)20(35)31-17(9-14-7-8-14)21(36)34-13-25(11-19(34)30)15-5-3-4-6-16(15)32-22(25)37/h3-6,14,17-19H,7-13,30H2,1-2H3,(H,31,35)(H,32,37)/t17-,18-,19-,25-/m0/s1. The van der Waals surface area contributed by atoms with Gasteiger partial charge in [-0.3, -0.25) is 19.2 Å². The number of amides is 4. The van der Waals surface area contributed by atoms with Crippen LogP contribution in [0.2, 0.25) is 0 Å². The lowest BCUT2D eigenvalue weighted by Crippen LogP contribution is -2.57. The number of carbonyl (C=O) groups excluding carboxylic acids is 4. The molecule has 0 unspecified atom stereocenters. The molecule has 3 heterocycles. The van der Waals surface area contributed by atoms with Gasteiger partial charge in [0.1, 0.15) is 12.1 Å². The highest BCUT2D eigenvalue weighted by atomic mass is 19.4. The van der Waals surface area contributed by atoms with E-state index in [1.807, 2.05) is 12.1 Å². The fourth-order valence-corrected chi connectivity index (χ4v) is 6.17. The largest absolute Gasteiger partial charge is 0.471 e. The van der Waals surface area contributed by atoms with Crippen molar-refractivity contribution in [3.63, 3.8) is 0 Å². The maximum absolute atomic E-state index is 13.8. The SMILES string of the molecule is CC1(C)C[C@@H](C(=O)N[C@@H](CC2CC2)C(=O)N2C[C@]3(C[C@H]2N)C(=O)Nc2ccccc23)N(C(=O)C(F)(F)F)C1. The second-order valence-electron chi connectivity index (χ2n) is 11.9. The minimum Gasteiger partial charge on any atom is -0.342 e. The molecule has 206 valence electrons. The highest BCUT2D eigenvalue weighted by Crippen LogP contribution is 2.46. The number of fused-ring (bicyclic) bond motifs is 2. The molecule has 1 aliphatic carbocycles. The molecule has 5 rings (SSSR count). The van der Waals surface area contributed by atoms with Gasteiger partial charge < -0.3 is 26.2 Å². The number of rotatable bonds is 5. The summed E-state index contributed by atoms with van der Waals surface area (Å²) in [6.45, 7) is 3.19. The number of para-hydroxylation sites is 1. The quantitative estimate of drug-likeness (QED) is 0.531. The Kier molecular flexibility index (Phi) is 6.24. The van der Waals surface area contributed by atoms with Crippen LogP contribution in [-0.4, -0.2) is 70.9 Å². The first kappa shape index (κ1) is 26.5. The lowest BCUT2D eigenvalue weighted by molar-refractivity contribution is -0.187. The average Bonchev–Trinajstić information content (AvgIpc) is 3.41. The fourth-order valence-electron chi connectivity index (χ4n) is 6.17. The van der Waals surface area contributed by atoms with Gasteiger partial charge in [0.25, 0.3) is 0 Å². The molecule has 1 aromatic carbocycles. The summed E-state index contributed by atoms with van der Waals surface area (Å²) < 4.78 is 39.8. The van der Waals surface area contributed by atoms with E-state index >= 15 is 0 Å². The second kappa shape index (κ2) is 8.96. The van der Waals surface area contributed by atoms with Crippen molar-refractivity contribution in [1.29, 1.82) is 0 Å². The highest BCUT2D eigenvalue weighted by Gasteiger charge is 2.56. The summed E-state index contributed by atoms with van der Waals surface area (Å²) in [4.78, 5) is 54.2. The Balaban J connectivity index is 1.36. The van der Waals surface area contributed by atoms with Crippen molar-refractivity contribution in [3.8, 4) is 0 Å². The van der Waals surface area contributed by atoms with Gasteiger partial charge in [0, 0.05) is 25.2 Å². The normalized spacial score (nSPS) is 28.8. The Bertz CT molecular complexity index is 1180. The third kappa shape index (κ3) is 4.63. The van der Waals surface area contributed by atoms with Crippen molar-refractivity contribution in [2.75, 3.05) is 18.4 Å². The maximum atomic E-state index is 13.8. The van der Waals surface area contributed by atoms with Gasteiger partial charge >= 0.3 is 12.1 Å². The number of carbonyl (C=O) groups is 4. The van der Waals surface area contributed by atoms with Crippen LogP contribution >= 0.6 is 0 Å². The maximum Gasteiger partial charge on any atom is 0.471 e. The molecule has 2 saturated heterocycles. The van der Waals surface area contributed by atoms with E-state index in [9.17, 15) is 32.3 Å². The molecule has 0 aromatic heterocycles. The topological polar surface area (TPSA) is 125 Å². The molecule has 1 spiro atoms. The number of alkyl halides is 3. The van der Waals surface area contributed by atoms with Crippen molar-refractivity contribution in [3.05, 3.63) is 29.8 Å². The molecule has 1 aromatic rings.